The highest BCUT2D eigenvalue weighted by atomic mass is 32.1. The maximum absolute atomic E-state index is 12.5. The SMILES string of the molecule is Cc1nc2sc(C(=O)OCC(=O)N(C)C3(C#N)CCCCC3)c(C)c2c(=O)[nH]1. The van der Waals surface area contributed by atoms with E-state index in [1.807, 2.05) is 0 Å². The Morgan fingerprint density at radius 2 is 2.00 bits per heavy atom. The van der Waals surface area contributed by atoms with Crippen molar-refractivity contribution < 1.29 is 14.3 Å². The molecule has 0 aromatic carbocycles. The van der Waals surface area contributed by atoms with Gasteiger partial charge in [0.25, 0.3) is 11.5 Å². The van der Waals surface area contributed by atoms with E-state index in [2.05, 4.69) is 16.0 Å². The molecule has 2 aromatic heterocycles. The molecule has 28 heavy (non-hydrogen) atoms. The van der Waals surface area contributed by atoms with Gasteiger partial charge in [0, 0.05) is 7.05 Å². The van der Waals surface area contributed by atoms with E-state index in [4.69, 9.17) is 4.74 Å². The summed E-state index contributed by atoms with van der Waals surface area (Å²) >= 11 is 1.07. The summed E-state index contributed by atoms with van der Waals surface area (Å²) in [6.45, 7) is 2.87. The van der Waals surface area contributed by atoms with E-state index in [9.17, 15) is 19.6 Å². The Morgan fingerprint density at radius 3 is 2.64 bits per heavy atom. The summed E-state index contributed by atoms with van der Waals surface area (Å²) in [6.07, 6.45) is 4.10. The van der Waals surface area contributed by atoms with Gasteiger partial charge in [0.1, 0.15) is 21.1 Å². The van der Waals surface area contributed by atoms with Gasteiger partial charge in [-0.25, -0.2) is 9.78 Å². The highest BCUT2D eigenvalue weighted by molar-refractivity contribution is 7.20. The highest BCUT2D eigenvalue weighted by Gasteiger charge is 2.39. The van der Waals surface area contributed by atoms with Crippen LogP contribution in [0.2, 0.25) is 0 Å². The van der Waals surface area contributed by atoms with Crippen LogP contribution >= 0.6 is 11.3 Å². The molecule has 1 saturated carbocycles. The first-order valence-electron chi connectivity index (χ1n) is 9.14. The zero-order valence-electron chi connectivity index (χ0n) is 16.1. The van der Waals surface area contributed by atoms with Gasteiger partial charge in [0.2, 0.25) is 0 Å². The lowest BCUT2D eigenvalue weighted by atomic mass is 9.81. The summed E-state index contributed by atoms with van der Waals surface area (Å²) in [5.74, 6) is -0.624. The number of aromatic amines is 1. The van der Waals surface area contributed by atoms with Crippen molar-refractivity contribution in [2.75, 3.05) is 13.7 Å². The standard InChI is InChI=1S/C19H22N4O4S/c1-11-14-16(25)21-12(2)22-17(14)28-15(11)18(26)27-9-13(24)23(3)19(10-20)7-5-4-6-8-19/h4-9H2,1-3H3,(H,21,22,25). The lowest BCUT2D eigenvalue weighted by molar-refractivity contribution is -0.138. The molecule has 2 aromatic rings. The Morgan fingerprint density at radius 1 is 1.32 bits per heavy atom. The predicted octanol–water partition coefficient (Wildman–Crippen LogP) is 2.44. The zero-order chi connectivity index (χ0) is 20.5. The maximum Gasteiger partial charge on any atom is 0.349 e. The van der Waals surface area contributed by atoms with Crippen LogP contribution in [0, 0.1) is 25.2 Å². The molecule has 0 spiro atoms. The van der Waals surface area contributed by atoms with Crippen molar-refractivity contribution in [1.82, 2.24) is 14.9 Å². The topological polar surface area (TPSA) is 116 Å². The fourth-order valence-electron chi connectivity index (χ4n) is 3.63. The minimum Gasteiger partial charge on any atom is -0.451 e. The van der Waals surface area contributed by atoms with Gasteiger partial charge in [0.05, 0.1) is 11.5 Å². The van der Waals surface area contributed by atoms with Crippen LogP contribution in [0.3, 0.4) is 0 Å². The average molecular weight is 402 g/mol. The number of aryl methyl sites for hydroxylation is 2. The molecule has 1 amide bonds. The van der Waals surface area contributed by atoms with E-state index in [0.29, 0.717) is 34.4 Å². The molecule has 0 radical (unpaired) electrons. The molecule has 1 N–H and O–H groups in total. The number of esters is 1. The van der Waals surface area contributed by atoms with Gasteiger partial charge in [-0.05, 0) is 32.3 Å². The number of thiophene rings is 1. The molecule has 3 rings (SSSR count). The second-order valence-electron chi connectivity index (χ2n) is 7.12. The fourth-order valence-corrected chi connectivity index (χ4v) is 4.75. The molecule has 0 aliphatic heterocycles. The third kappa shape index (κ3) is 3.52. The summed E-state index contributed by atoms with van der Waals surface area (Å²) in [5.41, 5.74) is -0.649. The van der Waals surface area contributed by atoms with Crippen molar-refractivity contribution >= 4 is 33.4 Å². The number of likely N-dealkylation sites (N-methyl/N-ethyl adjacent to an activating group) is 1. The number of rotatable bonds is 4. The highest BCUT2D eigenvalue weighted by Crippen LogP contribution is 2.32. The van der Waals surface area contributed by atoms with Crippen molar-refractivity contribution in [2.45, 2.75) is 51.5 Å². The smallest absolute Gasteiger partial charge is 0.349 e. The van der Waals surface area contributed by atoms with Crippen molar-refractivity contribution in [2.24, 2.45) is 0 Å². The lowest BCUT2D eigenvalue weighted by Crippen LogP contribution is -2.51. The Bertz CT molecular complexity index is 1030. The summed E-state index contributed by atoms with van der Waals surface area (Å²) in [4.78, 5) is 46.1. The number of H-pyrrole nitrogens is 1. The quantitative estimate of drug-likeness (QED) is 0.785. The summed E-state index contributed by atoms with van der Waals surface area (Å²) in [7, 11) is 1.58. The average Bonchev–Trinajstić information content (AvgIpc) is 3.02. The first-order chi connectivity index (χ1) is 13.3. The second kappa shape index (κ2) is 7.72. The lowest BCUT2D eigenvalue weighted by Gasteiger charge is -2.38. The molecule has 2 heterocycles. The van der Waals surface area contributed by atoms with E-state index in [0.717, 1.165) is 30.6 Å². The van der Waals surface area contributed by atoms with E-state index >= 15 is 0 Å². The zero-order valence-corrected chi connectivity index (χ0v) is 16.9. The molecule has 1 aliphatic rings. The molecular weight excluding hydrogens is 380 g/mol. The van der Waals surface area contributed by atoms with Crippen LogP contribution in [0.25, 0.3) is 10.2 Å². The van der Waals surface area contributed by atoms with Crippen LogP contribution in [0.4, 0.5) is 0 Å². The van der Waals surface area contributed by atoms with Crippen LogP contribution in [-0.2, 0) is 9.53 Å². The van der Waals surface area contributed by atoms with Gasteiger partial charge in [-0.1, -0.05) is 19.3 Å². The third-order valence-electron chi connectivity index (χ3n) is 5.34. The van der Waals surface area contributed by atoms with Gasteiger partial charge in [-0.2, -0.15) is 5.26 Å². The number of ether oxygens (including phenoxy) is 1. The Balaban J connectivity index is 1.74. The second-order valence-corrected chi connectivity index (χ2v) is 8.12. The molecule has 148 valence electrons. The van der Waals surface area contributed by atoms with Gasteiger partial charge in [-0.3, -0.25) is 9.59 Å². The van der Waals surface area contributed by atoms with Crippen molar-refractivity contribution in [3.8, 4) is 6.07 Å². The monoisotopic (exact) mass is 402 g/mol. The molecule has 0 bridgehead atoms. The molecule has 1 fully saturated rings. The normalized spacial score (nSPS) is 15.8. The van der Waals surface area contributed by atoms with Gasteiger partial charge in [0.15, 0.2) is 6.61 Å². The van der Waals surface area contributed by atoms with Crippen LogP contribution in [0.5, 0.6) is 0 Å². The number of nitriles is 1. The van der Waals surface area contributed by atoms with Crippen LogP contribution in [-0.4, -0.2) is 45.9 Å². The van der Waals surface area contributed by atoms with E-state index in [1.165, 1.54) is 4.90 Å². The number of amides is 1. The molecule has 0 atom stereocenters. The molecule has 0 unspecified atom stereocenters. The Hall–Kier alpha value is -2.73. The minimum absolute atomic E-state index is 0.252. The van der Waals surface area contributed by atoms with Crippen molar-refractivity contribution in [3.05, 3.63) is 26.6 Å². The van der Waals surface area contributed by atoms with E-state index in [1.54, 1.807) is 20.9 Å². The number of nitrogens with one attached hydrogen (secondary N) is 1. The van der Waals surface area contributed by atoms with E-state index in [-0.39, 0.29) is 10.4 Å². The molecule has 9 heteroatoms. The minimum atomic E-state index is -0.829. The van der Waals surface area contributed by atoms with Crippen LogP contribution in [0.1, 0.15) is 53.2 Å². The molecule has 8 nitrogen and oxygen atoms in total. The first kappa shape index (κ1) is 20.0. The van der Waals surface area contributed by atoms with Crippen LogP contribution < -0.4 is 5.56 Å². The van der Waals surface area contributed by atoms with Crippen molar-refractivity contribution in [3.63, 3.8) is 0 Å². The first-order valence-corrected chi connectivity index (χ1v) is 9.96. The number of aromatic nitrogens is 2. The van der Waals surface area contributed by atoms with Crippen molar-refractivity contribution in [1.29, 1.82) is 5.26 Å². The Labute approximate surface area is 166 Å². The number of hydrogen-bond donors (Lipinski definition) is 1. The summed E-state index contributed by atoms with van der Waals surface area (Å²) < 4.78 is 5.20. The number of nitrogens with zero attached hydrogens (tertiary/aromatic N) is 3. The largest absolute Gasteiger partial charge is 0.451 e. The van der Waals surface area contributed by atoms with E-state index < -0.39 is 24.0 Å². The van der Waals surface area contributed by atoms with Gasteiger partial charge < -0.3 is 14.6 Å². The summed E-state index contributed by atoms with van der Waals surface area (Å²) in [5, 5.41) is 9.95. The summed E-state index contributed by atoms with van der Waals surface area (Å²) in [6, 6.07) is 2.28. The van der Waals surface area contributed by atoms with Gasteiger partial charge in [-0.15, -0.1) is 11.3 Å². The predicted molar refractivity (Wildman–Crippen MR) is 104 cm³/mol. The van der Waals surface area contributed by atoms with Crippen LogP contribution in [0.15, 0.2) is 4.79 Å². The number of hydrogen-bond acceptors (Lipinski definition) is 7. The number of carbonyl (C=O) groups excluding carboxylic acids is 2. The fraction of sp³-hybridized carbons (Fsp3) is 0.526. The number of carbonyl (C=O) groups is 2. The number of fused-ring (bicyclic) bond motifs is 1. The van der Waals surface area contributed by atoms with Gasteiger partial charge >= 0.3 is 5.97 Å². The Kier molecular flexibility index (Phi) is 5.52. The molecule has 0 saturated heterocycles. The molecule has 1 aliphatic carbocycles. The maximum atomic E-state index is 12.5. The third-order valence-corrected chi connectivity index (χ3v) is 6.50. The molecular formula is C19H22N4O4S.